The van der Waals surface area contributed by atoms with Gasteiger partial charge in [-0.1, -0.05) is 17.7 Å². The summed E-state index contributed by atoms with van der Waals surface area (Å²) in [5.41, 5.74) is 1.92. The minimum absolute atomic E-state index is 0. The minimum atomic E-state index is -0.417. The van der Waals surface area contributed by atoms with Crippen LogP contribution in [0.5, 0.6) is 0 Å². The Morgan fingerprint density at radius 2 is 2.05 bits per heavy atom. The van der Waals surface area contributed by atoms with E-state index in [0.717, 1.165) is 11.3 Å². The van der Waals surface area contributed by atoms with Crippen LogP contribution >= 0.6 is 35.6 Å². The molecule has 5 nitrogen and oxygen atoms in total. The van der Waals surface area contributed by atoms with E-state index in [9.17, 15) is 4.39 Å². The second kappa shape index (κ2) is 8.94. The number of halogens is 3. The number of aromatic nitrogens is 2. The molecule has 0 amide bonds. The van der Waals surface area contributed by atoms with E-state index in [-0.39, 0.29) is 29.0 Å². The fourth-order valence-corrected chi connectivity index (χ4v) is 2.01. The van der Waals surface area contributed by atoms with Gasteiger partial charge in [-0.2, -0.15) is 5.10 Å². The van der Waals surface area contributed by atoms with Crippen molar-refractivity contribution < 1.29 is 4.39 Å². The average molecular weight is 438 g/mol. The van der Waals surface area contributed by atoms with Crippen molar-refractivity contribution in [3.63, 3.8) is 0 Å². The second-order valence-electron chi connectivity index (χ2n) is 4.47. The lowest BCUT2D eigenvalue weighted by atomic mass is 10.2. The molecule has 1 aromatic carbocycles. The van der Waals surface area contributed by atoms with E-state index in [1.807, 2.05) is 13.1 Å². The third-order valence-electron chi connectivity index (χ3n) is 3.03. The first-order valence-corrected chi connectivity index (χ1v) is 6.83. The molecule has 8 heteroatoms. The second-order valence-corrected chi connectivity index (χ2v) is 4.88. The maximum atomic E-state index is 13.1. The highest BCUT2D eigenvalue weighted by atomic mass is 127. The molecule has 2 N–H and O–H groups in total. The molecular weight excluding hydrogens is 420 g/mol. The highest BCUT2D eigenvalue weighted by Gasteiger charge is 2.03. The van der Waals surface area contributed by atoms with Crippen LogP contribution < -0.4 is 10.6 Å². The molecule has 0 atom stereocenters. The van der Waals surface area contributed by atoms with Crippen LogP contribution in [0, 0.1) is 5.82 Å². The van der Waals surface area contributed by atoms with Crippen molar-refractivity contribution in [2.24, 2.45) is 12.0 Å². The first-order chi connectivity index (χ1) is 10.1. The Bertz CT molecular complexity index is 644. The molecule has 0 unspecified atom stereocenters. The highest BCUT2D eigenvalue weighted by Crippen LogP contribution is 2.15. The van der Waals surface area contributed by atoms with E-state index < -0.39 is 5.82 Å². The number of hydrogen-bond donors (Lipinski definition) is 2. The van der Waals surface area contributed by atoms with Gasteiger partial charge in [-0.15, -0.1) is 24.0 Å². The molecule has 0 radical (unpaired) electrons. The zero-order valence-electron chi connectivity index (χ0n) is 12.3. The predicted octanol–water partition coefficient (Wildman–Crippen LogP) is 2.70. The van der Waals surface area contributed by atoms with Gasteiger partial charge in [0.25, 0.3) is 0 Å². The fourth-order valence-electron chi connectivity index (χ4n) is 1.81. The summed E-state index contributed by atoms with van der Waals surface area (Å²) < 4.78 is 14.9. The molecule has 0 saturated carbocycles. The van der Waals surface area contributed by atoms with Crippen LogP contribution in [0.25, 0.3) is 0 Å². The van der Waals surface area contributed by atoms with Crippen molar-refractivity contribution >= 4 is 41.5 Å². The molecule has 0 spiro atoms. The fraction of sp³-hybridized carbons (Fsp3) is 0.286. The Labute approximate surface area is 151 Å². The van der Waals surface area contributed by atoms with Crippen LogP contribution in [-0.4, -0.2) is 22.8 Å². The standard InChI is InChI=1S/C14H17ClFN5.HI/c1-17-14(19-9-11-5-6-20-21(11)2)18-8-10-3-4-13(16)12(15)7-10;/h3-7H,8-9H2,1-2H3,(H2,17,18,19);1H. The molecule has 22 heavy (non-hydrogen) atoms. The molecule has 120 valence electrons. The number of benzene rings is 1. The number of aliphatic imine (C=N–C) groups is 1. The van der Waals surface area contributed by atoms with Crippen LogP contribution in [0.15, 0.2) is 35.5 Å². The van der Waals surface area contributed by atoms with Gasteiger partial charge in [-0.05, 0) is 23.8 Å². The molecule has 0 aliphatic carbocycles. The van der Waals surface area contributed by atoms with E-state index in [0.29, 0.717) is 19.0 Å². The SMILES string of the molecule is CN=C(NCc1ccc(F)c(Cl)c1)NCc1ccnn1C.I. The molecule has 0 bridgehead atoms. The van der Waals surface area contributed by atoms with Crippen molar-refractivity contribution in [3.8, 4) is 0 Å². The molecular formula is C14H18ClFIN5. The third-order valence-corrected chi connectivity index (χ3v) is 3.32. The van der Waals surface area contributed by atoms with Crippen molar-refractivity contribution in [3.05, 3.63) is 52.6 Å². The zero-order chi connectivity index (χ0) is 15.2. The average Bonchev–Trinajstić information content (AvgIpc) is 2.88. The normalized spacial score (nSPS) is 11.0. The lowest BCUT2D eigenvalue weighted by Gasteiger charge is -2.12. The monoisotopic (exact) mass is 437 g/mol. The molecule has 1 aromatic heterocycles. The van der Waals surface area contributed by atoms with Crippen molar-refractivity contribution in [1.29, 1.82) is 0 Å². The molecule has 0 aliphatic heterocycles. The Hall–Kier alpha value is -1.35. The number of rotatable bonds is 4. The molecule has 0 aliphatic rings. The van der Waals surface area contributed by atoms with Gasteiger partial charge in [0.2, 0.25) is 0 Å². The van der Waals surface area contributed by atoms with Gasteiger partial charge >= 0.3 is 0 Å². The van der Waals surface area contributed by atoms with Crippen molar-refractivity contribution in [2.45, 2.75) is 13.1 Å². The summed E-state index contributed by atoms with van der Waals surface area (Å²) >= 11 is 5.75. The summed E-state index contributed by atoms with van der Waals surface area (Å²) in [6.07, 6.45) is 1.74. The smallest absolute Gasteiger partial charge is 0.191 e. The van der Waals surface area contributed by atoms with Crippen molar-refractivity contribution in [2.75, 3.05) is 7.05 Å². The lowest BCUT2D eigenvalue weighted by molar-refractivity contribution is 0.627. The number of aryl methyl sites for hydroxylation is 1. The summed E-state index contributed by atoms with van der Waals surface area (Å²) in [6, 6.07) is 6.56. The Morgan fingerprint density at radius 1 is 1.32 bits per heavy atom. The Balaban J connectivity index is 0.00000242. The van der Waals surface area contributed by atoms with Gasteiger partial charge in [-0.3, -0.25) is 9.67 Å². The van der Waals surface area contributed by atoms with Crippen LogP contribution in [0.2, 0.25) is 5.02 Å². The number of nitrogens with zero attached hydrogens (tertiary/aromatic N) is 3. The van der Waals surface area contributed by atoms with Gasteiger partial charge in [0.15, 0.2) is 5.96 Å². The van der Waals surface area contributed by atoms with Gasteiger partial charge in [0, 0.05) is 26.8 Å². The van der Waals surface area contributed by atoms with E-state index in [1.54, 1.807) is 30.1 Å². The van der Waals surface area contributed by atoms with Gasteiger partial charge in [-0.25, -0.2) is 4.39 Å². The third kappa shape index (κ3) is 5.13. The quantitative estimate of drug-likeness (QED) is 0.439. The maximum absolute atomic E-state index is 13.1. The zero-order valence-corrected chi connectivity index (χ0v) is 15.4. The summed E-state index contributed by atoms with van der Waals surface area (Å²) in [5, 5.41) is 10.5. The van der Waals surface area contributed by atoms with Gasteiger partial charge in [0.05, 0.1) is 17.3 Å². The predicted molar refractivity (Wildman–Crippen MR) is 97.1 cm³/mol. The van der Waals surface area contributed by atoms with Crippen LogP contribution in [0.3, 0.4) is 0 Å². The first-order valence-electron chi connectivity index (χ1n) is 6.45. The summed E-state index contributed by atoms with van der Waals surface area (Å²) in [5.74, 6) is 0.232. The maximum Gasteiger partial charge on any atom is 0.191 e. The van der Waals surface area contributed by atoms with Gasteiger partial charge < -0.3 is 10.6 Å². The van der Waals surface area contributed by atoms with E-state index >= 15 is 0 Å². The topological polar surface area (TPSA) is 54.2 Å². The summed E-state index contributed by atoms with van der Waals surface area (Å²) in [7, 11) is 3.57. The Morgan fingerprint density at radius 3 is 2.64 bits per heavy atom. The highest BCUT2D eigenvalue weighted by molar-refractivity contribution is 14.0. The van der Waals surface area contributed by atoms with Crippen LogP contribution in [0.1, 0.15) is 11.3 Å². The molecule has 1 heterocycles. The summed E-state index contributed by atoms with van der Waals surface area (Å²) in [4.78, 5) is 4.13. The van der Waals surface area contributed by atoms with Crippen LogP contribution in [0.4, 0.5) is 4.39 Å². The Kier molecular flexibility index (Phi) is 7.60. The number of nitrogens with one attached hydrogen (secondary N) is 2. The van der Waals surface area contributed by atoms with E-state index in [4.69, 9.17) is 11.6 Å². The molecule has 2 rings (SSSR count). The summed E-state index contributed by atoms with van der Waals surface area (Å²) in [6.45, 7) is 1.12. The van der Waals surface area contributed by atoms with Gasteiger partial charge in [0.1, 0.15) is 5.82 Å². The minimum Gasteiger partial charge on any atom is -0.352 e. The molecule has 2 aromatic rings. The largest absolute Gasteiger partial charge is 0.352 e. The van der Waals surface area contributed by atoms with E-state index in [2.05, 4.69) is 20.7 Å². The number of hydrogen-bond acceptors (Lipinski definition) is 2. The molecule has 0 fully saturated rings. The lowest BCUT2D eigenvalue weighted by Crippen LogP contribution is -2.36. The van der Waals surface area contributed by atoms with Crippen molar-refractivity contribution in [1.82, 2.24) is 20.4 Å². The van der Waals surface area contributed by atoms with E-state index in [1.165, 1.54) is 6.07 Å². The number of guanidine groups is 1. The first kappa shape index (κ1) is 18.7. The van der Waals surface area contributed by atoms with Crippen LogP contribution in [-0.2, 0) is 20.1 Å². The molecule has 0 saturated heterocycles.